The minimum absolute atomic E-state index is 0.250. The number of rotatable bonds is 5. The van der Waals surface area contributed by atoms with Crippen molar-refractivity contribution in [3.05, 3.63) is 59.9 Å². The largest absolute Gasteiger partial charge is 0.340 e. The summed E-state index contributed by atoms with van der Waals surface area (Å²) in [5.74, 6) is 1.18. The molecule has 4 aromatic rings. The van der Waals surface area contributed by atoms with Crippen LogP contribution in [0.2, 0.25) is 0 Å². The van der Waals surface area contributed by atoms with E-state index in [9.17, 15) is 8.42 Å². The Labute approximate surface area is 173 Å². The third-order valence-electron chi connectivity index (χ3n) is 4.39. The number of hydrogen-bond acceptors (Lipinski definition) is 8. The molecule has 7 nitrogen and oxygen atoms in total. The van der Waals surface area contributed by atoms with Gasteiger partial charge in [-0.05, 0) is 37.3 Å². The molecule has 29 heavy (non-hydrogen) atoms. The molecule has 148 valence electrons. The predicted molar refractivity (Wildman–Crippen MR) is 117 cm³/mol. The van der Waals surface area contributed by atoms with Crippen LogP contribution in [0.5, 0.6) is 0 Å². The number of fused-ring (bicyclic) bond motifs is 1. The molecule has 2 aromatic heterocycles. The summed E-state index contributed by atoms with van der Waals surface area (Å²) in [5.41, 5.74) is 2.36. The van der Waals surface area contributed by atoms with Crippen LogP contribution in [0, 0.1) is 6.92 Å². The summed E-state index contributed by atoms with van der Waals surface area (Å²) < 4.78 is 25.4. The van der Waals surface area contributed by atoms with Crippen molar-refractivity contribution in [3.63, 3.8) is 0 Å². The number of nitrogens with zero attached hydrogens (tertiary/aromatic N) is 4. The van der Waals surface area contributed by atoms with E-state index in [1.54, 1.807) is 53.6 Å². The summed E-state index contributed by atoms with van der Waals surface area (Å²) in [5, 5.41) is 4.29. The molecule has 0 aliphatic rings. The number of sulfone groups is 1. The lowest BCUT2D eigenvalue weighted by molar-refractivity contribution is 0.602. The van der Waals surface area contributed by atoms with Gasteiger partial charge in [0.2, 0.25) is 0 Å². The first-order valence-corrected chi connectivity index (χ1v) is 11.5. The molecular formula is C20H19N5O2S2. The molecule has 0 bridgehead atoms. The molecule has 9 heteroatoms. The molecule has 0 radical (unpaired) electrons. The van der Waals surface area contributed by atoms with E-state index >= 15 is 0 Å². The topological polar surface area (TPSA) is 88.1 Å². The van der Waals surface area contributed by atoms with E-state index in [-0.39, 0.29) is 4.90 Å². The first-order valence-electron chi connectivity index (χ1n) is 8.80. The third kappa shape index (κ3) is 4.06. The van der Waals surface area contributed by atoms with E-state index in [2.05, 4.69) is 20.3 Å². The Morgan fingerprint density at radius 1 is 1.07 bits per heavy atom. The summed E-state index contributed by atoms with van der Waals surface area (Å²) >= 11 is 1.65. The summed E-state index contributed by atoms with van der Waals surface area (Å²) in [4.78, 5) is 15.1. The van der Waals surface area contributed by atoms with Crippen LogP contribution in [0.3, 0.4) is 0 Å². The second-order valence-corrected chi connectivity index (χ2v) is 9.82. The summed E-state index contributed by atoms with van der Waals surface area (Å²) in [7, 11) is -1.59. The summed E-state index contributed by atoms with van der Waals surface area (Å²) in [6.07, 6.45) is 2.64. The van der Waals surface area contributed by atoms with Gasteiger partial charge in [0.25, 0.3) is 0 Å². The van der Waals surface area contributed by atoms with Crippen LogP contribution < -0.4 is 10.2 Å². The van der Waals surface area contributed by atoms with Crippen molar-refractivity contribution in [1.82, 2.24) is 15.0 Å². The molecule has 0 amide bonds. The molecule has 0 saturated heterocycles. The number of benzene rings is 2. The maximum atomic E-state index is 12.1. The van der Waals surface area contributed by atoms with Gasteiger partial charge in [-0.3, -0.25) is 0 Å². The fourth-order valence-electron chi connectivity index (χ4n) is 3.04. The lowest BCUT2D eigenvalue weighted by Crippen LogP contribution is -2.15. The Morgan fingerprint density at radius 3 is 2.66 bits per heavy atom. The monoisotopic (exact) mass is 425 g/mol. The minimum Gasteiger partial charge on any atom is -0.340 e. The second-order valence-electron chi connectivity index (χ2n) is 6.60. The van der Waals surface area contributed by atoms with Gasteiger partial charge < -0.3 is 10.2 Å². The summed E-state index contributed by atoms with van der Waals surface area (Å²) in [6.45, 7) is 1.98. The highest BCUT2D eigenvalue weighted by Crippen LogP contribution is 2.30. The van der Waals surface area contributed by atoms with Gasteiger partial charge in [0.05, 0.1) is 25.8 Å². The highest BCUT2D eigenvalue weighted by Gasteiger charge is 2.17. The minimum atomic E-state index is -3.37. The van der Waals surface area contributed by atoms with Crippen molar-refractivity contribution in [1.29, 1.82) is 0 Å². The van der Waals surface area contributed by atoms with Gasteiger partial charge in [-0.15, -0.1) is 11.3 Å². The first kappa shape index (κ1) is 19.3. The number of anilines is 4. The lowest BCUT2D eigenvalue weighted by Gasteiger charge is -2.21. The quantitative estimate of drug-likeness (QED) is 0.510. The Kier molecular flexibility index (Phi) is 4.93. The van der Waals surface area contributed by atoms with Crippen LogP contribution in [-0.4, -0.2) is 36.7 Å². The Morgan fingerprint density at radius 2 is 1.86 bits per heavy atom. The average molecular weight is 426 g/mol. The maximum absolute atomic E-state index is 12.1. The van der Waals surface area contributed by atoms with Gasteiger partial charge in [-0.25, -0.2) is 23.4 Å². The smallest absolute Gasteiger partial charge is 0.177 e. The number of aromatic nitrogens is 3. The predicted octanol–water partition coefficient (Wildman–Crippen LogP) is 4.31. The highest BCUT2D eigenvalue weighted by molar-refractivity contribution is 7.90. The normalized spacial score (nSPS) is 11.6. The molecule has 2 heterocycles. The zero-order chi connectivity index (χ0) is 20.6. The number of para-hydroxylation sites is 1. The van der Waals surface area contributed by atoms with Crippen molar-refractivity contribution in [2.45, 2.75) is 11.8 Å². The molecule has 0 fully saturated rings. The van der Waals surface area contributed by atoms with Crippen molar-refractivity contribution in [2.24, 2.45) is 0 Å². The van der Waals surface area contributed by atoms with Gasteiger partial charge in [-0.2, -0.15) is 0 Å². The molecule has 0 spiro atoms. The van der Waals surface area contributed by atoms with Crippen LogP contribution in [0.15, 0.2) is 59.8 Å². The molecule has 0 saturated carbocycles. The van der Waals surface area contributed by atoms with E-state index in [4.69, 9.17) is 0 Å². The SMILES string of the molecule is Cc1nc2cc(Nc3cc(N(C)c4ccccc4S(C)(=O)=O)ncn3)ccc2s1. The third-order valence-corrected chi connectivity index (χ3v) is 6.49. The van der Waals surface area contributed by atoms with E-state index in [1.165, 1.54) is 12.6 Å². The van der Waals surface area contributed by atoms with Gasteiger partial charge in [0, 0.05) is 25.1 Å². The second kappa shape index (κ2) is 7.41. The van der Waals surface area contributed by atoms with E-state index in [1.807, 2.05) is 25.1 Å². The van der Waals surface area contributed by atoms with Crippen LogP contribution in [0.4, 0.5) is 23.0 Å². The van der Waals surface area contributed by atoms with E-state index in [0.29, 0.717) is 17.3 Å². The van der Waals surface area contributed by atoms with Gasteiger partial charge in [0.1, 0.15) is 18.0 Å². The summed E-state index contributed by atoms with van der Waals surface area (Å²) in [6, 6.07) is 14.6. The number of aryl methyl sites for hydroxylation is 1. The van der Waals surface area contributed by atoms with Crippen molar-refractivity contribution in [2.75, 3.05) is 23.5 Å². The number of nitrogens with one attached hydrogen (secondary N) is 1. The Balaban J connectivity index is 1.65. The van der Waals surface area contributed by atoms with Crippen LogP contribution in [0.1, 0.15) is 5.01 Å². The molecule has 0 atom stereocenters. The molecule has 2 aromatic carbocycles. The maximum Gasteiger partial charge on any atom is 0.177 e. The van der Waals surface area contributed by atoms with Crippen molar-refractivity contribution >= 4 is 54.4 Å². The fourth-order valence-corrected chi connectivity index (χ4v) is 4.76. The van der Waals surface area contributed by atoms with Gasteiger partial charge in [-0.1, -0.05) is 12.1 Å². The number of hydrogen-bond donors (Lipinski definition) is 1. The standard InChI is InChI=1S/C20H19N5O2S2/c1-13-23-15-10-14(8-9-17(15)28-13)24-19-11-20(22-12-21-19)25(2)16-6-4-5-7-18(16)29(3,26)27/h4-12H,1-3H3,(H,21,22,24). The average Bonchev–Trinajstić information content (AvgIpc) is 3.06. The van der Waals surface area contributed by atoms with Crippen LogP contribution >= 0.6 is 11.3 Å². The molecule has 4 rings (SSSR count). The molecule has 0 aliphatic heterocycles. The Hall–Kier alpha value is -3.04. The fraction of sp³-hybridized carbons (Fsp3) is 0.150. The first-order chi connectivity index (χ1) is 13.8. The van der Waals surface area contributed by atoms with Crippen LogP contribution in [-0.2, 0) is 9.84 Å². The molecule has 0 unspecified atom stereocenters. The Bertz CT molecular complexity index is 1300. The molecule has 1 N–H and O–H groups in total. The lowest BCUT2D eigenvalue weighted by atomic mass is 10.3. The molecule has 0 aliphatic carbocycles. The van der Waals surface area contributed by atoms with Gasteiger partial charge in [0.15, 0.2) is 9.84 Å². The molecular weight excluding hydrogens is 406 g/mol. The van der Waals surface area contributed by atoms with Gasteiger partial charge >= 0.3 is 0 Å². The number of thiazole rings is 1. The van der Waals surface area contributed by atoms with E-state index < -0.39 is 9.84 Å². The van der Waals surface area contributed by atoms with Crippen molar-refractivity contribution < 1.29 is 8.42 Å². The zero-order valence-corrected chi connectivity index (χ0v) is 17.8. The highest BCUT2D eigenvalue weighted by atomic mass is 32.2. The zero-order valence-electron chi connectivity index (χ0n) is 16.1. The van der Waals surface area contributed by atoms with Crippen molar-refractivity contribution in [3.8, 4) is 0 Å². The van der Waals surface area contributed by atoms with Crippen LogP contribution in [0.25, 0.3) is 10.2 Å². The van der Waals surface area contributed by atoms with E-state index in [0.717, 1.165) is 20.9 Å².